The summed E-state index contributed by atoms with van der Waals surface area (Å²) < 4.78 is 13.3. The number of nitrogens with zero attached hydrogens (tertiary/aromatic N) is 4. The Bertz CT molecular complexity index is 1260. The number of nitrogens with one attached hydrogen (secondary N) is 1. The molecule has 0 saturated carbocycles. The van der Waals surface area contributed by atoms with Gasteiger partial charge in [-0.3, -0.25) is 9.36 Å². The number of ether oxygens (including phenoxy) is 1. The maximum atomic E-state index is 12.6. The number of anilines is 2. The first-order valence-corrected chi connectivity index (χ1v) is 12.1. The van der Waals surface area contributed by atoms with E-state index in [4.69, 9.17) is 9.15 Å². The summed E-state index contributed by atoms with van der Waals surface area (Å²) in [5, 5.41) is 13.2. The zero-order chi connectivity index (χ0) is 23.3. The third kappa shape index (κ3) is 4.85. The van der Waals surface area contributed by atoms with Crippen LogP contribution in [0.3, 0.4) is 0 Å². The second-order valence-electron chi connectivity index (χ2n) is 7.84. The van der Waals surface area contributed by atoms with Crippen molar-refractivity contribution in [1.29, 1.82) is 0 Å². The lowest BCUT2D eigenvalue weighted by atomic mass is 10.2. The van der Waals surface area contributed by atoms with Gasteiger partial charge in [0.15, 0.2) is 10.9 Å². The standard InChI is InChI=1S/C25H25N5O3S/c1-2-11-30-24(22-16-18-5-3-4-6-21(18)33-22)27-28-25(30)34-17-23(31)26-19-7-9-20(10-8-19)29-12-14-32-15-13-29/h2-10,16H,1,11-15,17H2,(H,26,31). The zero-order valence-electron chi connectivity index (χ0n) is 18.6. The second kappa shape index (κ2) is 10.1. The van der Waals surface area contributed by atoms with E-state index in [2.05, 4.69) is 27.0 Å². The Labute approximate surface area is 201 Å². The van der Waals surface area contributed by atoms with Crippen molar-refractivity contribution in [2.75, 3.05) is 42.3 Å². The number of hydrogen-bond donors (Lipinski definition) is 1. The Morgan fingerprint density at radius 2 is 1.91 bits per heavy atom. The summed E-state index contributed by atoms with van der Waals surface area (Å²) in [6.07, 6.45) is 1.77. The smallest absolute Gasteiger partial charge is 0.234 e. The number of para-hydroxylation sites is 1. The van der Waals surface area contributed by atoms with Crippen molar-refractivity contribution in [1.82, 2.24) is 14.8 Å². The normalized spacial score (nSPS) is 13.8. The van der Waals surface area contributed by atoms with Crippen molar-refractivity contribution < 1.29 is 13.9 Å². The van der Waals surface area contributed by atoms with E-state index in [9.17, 15) is 4.79 Å². The van der Waals surface area contributed by atoms with Crippen molar-refractivity contribution in [2.45, 2.75) is 11.7 Å². The highest BCUT2D eigenvalue weighted by molar-refractivity contribution is 7.99. The Morgan fingerprint density at radius 1 is 1.12 bits per heavy atom. The molecule has 2 aromatic heterocycles. The predicted molar refractivity (Wildman–Crippen MR) is 134 cm³/mol. The SMILES string of the molecule is C=CCn1c(SCC(=O)Nc2ccc(N3CCOCC3)cc2)nnc1-c1cc2ccccc2o1. The molecule has 0 aliphatic carbocycles. The molecule has 1 aliphatic heterocycles. The number of carbonyl (C=O) groups excluding carboxylic acids is 1. The number of thioether (sulfide) groups is 1. The molecule has 34 heavy (non-hydrogen) atoms. The molecule has 0 bridgehead atoms. The van der Waals surface area contributed by atoms with Crippen molar-refractivity contribution in [3.8, 4) is 11.6 Å². The van der Waals surface area contributed by atoms with Gasteiger partial charge in [-0.25, -0.2) is 0 Å². The Hall–Kier alpha value is -3.56. The summed E-state index contributed by atoms with van der Waals surface area (Å²) in [5.74, 6) is 1.34. The van der Waals surface area contributed by atoms with Crippen LogP contribution in [0, 0.1) is 0 Å². The predicted octanol–water partition coefficient (Wildman–Crippen LogP) is 4.44. The number of hydrogen-bond acceptors (Lipinski definition) is 7. The average molecular weight is 476 g/mol. The summed E-state index contributed by atoms with van der Waals surface area (Å²) in [7, 11) is 0. The van der Waals surface area contributed by atoms with Crippen molar-refractivity contribution in [2.24, 2.45) is 0 Å². The quantitative estimate of drug-likeness (QED) is 0.298. The number of carbonyl (C=O) groups is 1. The van der Waals surface area contributed by atoms with Crippen molar-refractivity contribution >= 4 is 40.0 Å². The van der Waals surface area contributed by atoms with Crippen molar-refractivity contribution in [3.05, 3.63) is 67.3 Å². The van der Waals surface area contributed by atoms with Gasteiger partial charge in [0, 0.05) is 36.4 Å². The highest BCUT2D eigenvalue weighted by Gasteiger charge is 2.18. The highest BCUT2D eigenvalue weighted by atomic mass is 32.2. The van der Waals surface area contributed by atoms with Crippen LogP contribution in [-0.2, 0) is 16.1 Å². The summed E-state index contributed by atoms with van der Waals surface area (Å²) in [4.78, 5) is 14.9. The Morgan fingerprint density at radius 3 is 2.68 bits per heavy atom. The molecule has 5 rings (SSSR count). The molecule has 1 N–H and O–H groups in total. The molecule has 2 aromatic carbocycles. The maximum absolute atomic E-state index is 12.6. The molecule has 8 nitrogen and oxygen atoms in total. The molecular formula is C25H25N5O3S. The van der Waals surface area contributed by atoms with Gasteiger partial charge < -0.3 is 19.4 Å². The molecule has 3 heterocycles. The van der Waals surface area contributed by atoms with Crippen molar-refractivity contribution in [3.63, 3.8) is 0 Å². The number of morpholine rings is 1. The number of fused-ring (bicyclic) bond motifs is 1. The van der Waals surface area contributed by atoms with E-state index in [1.807, 2.05) is 59.2 Å². The molecular weight excluding hydrogens is 450 g/mol. The zero-order valence-corrected chi connectivity index (χ0v) is 19.5. The summed E-state index contributed by atoms with van der Waals surface area (Å²) in [6.45, 7) is 7.58. The molecule has 0 radical (unpaired) electrons. The van der Waals surface area contributed by atoms with Crippen LogP contribution in [0.15, 0.2) is 76.8 Å². The molecule has 0 atom stereocenters. The molecule has 1 saturated heterocycles. The van der Waals surface area contributed by atoms with E-state index in [-0.39, 0.29) is 11.7 Å². The first-order chi connectivity index (χ1) is 16.7. The number of benzene rings is 2. The first-order valence-electron chi connectivity index (χ1n) is 11.1. The van der Waals surface area contributed by atoms with Crippen LogP contribution in [-0.4, -0.2) is 52.7 Å². The van der Waals surface area contributed by atoms with Crippen LogP contribution in [0.5, 0.6) is 0 Å². The van der Waals surface area contributed by atoms with Crippen LogP contribution in [0.25, 0.3) is 22.6 Å². The lowest BCUT2D eigenvalue weighted by Crippen LogP contribution is -2.36. The number of furan rings is 1. The second-order valence-corrected chi connectivity index (χ2v) is 8.78. The number of rotatable bonds is 8. The fraction of sp³-hybridized carbons (Fsp3) is 0.240. The van der Waals surface area contributed by atoms with Gasteiger partial charge in [0.1, 0.15) is 5.58 Å². The minimum absolute atomic E-state index is 0.109. The monoisotopic (exact) mass is 475 g/mol. The van der Waals surface area contributed by atoms with Gasteiger partial charge in [-0.05, 0) is 36.4 Å². The lowest BCUT2D eigenvalue weighted by molar-refractivity contribution is -0.113. The van der Waals surface area contributed by atoms with Gasteiger partial charge in [0.2, 0.25) is 11.7 Å². The minimum Gasteiger partial charge on any atom is -0.453 e. The molecule has 1 aliphatic rings. The summed E-state index contributed by atoms with van der Waals surface area (Å²) in [6, 6.07) is 17.6. The van der Waals surface area contributed by atoms with E-state index in [0.29, 0.717) is 23.3 Å². The fourth-order valence-corrected chi connectivity index (χ4v) is 4.62. The van der Waals surface area contributed by atoms with Crippen LogP contribution < -0.4 is 10.2 Å². The largest absolute Gasteiger partial charge is 0.453 e. The van der Waals surface area contributed by atoms with Gasteiger partial charge in [0.05, 0.1) is 19.0 Å². The molecule has 1 amide bonds. The molecule has 0 spiro atoms. The molecule has 174 valence electrons. The lowest BCUT2D eigenvalue weighted by Gasteiger charge is -2.28. The van der Waals surface area contributed by atoms with E-state index in [1.165, 1.54) is 11.8 Å². The van der Waals surface area contributed by atoms with Crippen LogP contribution in [0.2, 0.25) is 0 Å². The van der Waals surface area contributed by atoms with Crippen LogP contribution in [0.4, 0.5) is 11.4 Å². The van der Waals surface area contributed by atoms with E-state index >= 15 is 0 Å². The number of amides is 1. The average Bonchev–Trinajstić information content (AvgIpc) is 3.48. The first kappa shape index (κ1) is 22.2. The van der Waals surface area contributed by atoms with Gasteiger partial charge in [-0.15, -0.1) is 16.8 Å². The number of aromatic nitrogens is 3. The Kier molecular flexibility index (Phi) is 6.64. The topological polar surface area (TPSA) is 85.4 Å². The van der Waals surface area contributed by atoms with E-state index < -0.39 is 0 Å². The molecule has 4 aromatic rings. The van der Waals surface area contributed by atoms with E-state index in [1.54, 1.807) is 6.08 Å². The maximum Gasteiger partial charge on any atom is 0.234 e. The summed E-state index contributed by atoms with van der Waals surface area (Å²) in [5.41, 5.74) is 2.68. The van der Waals surface area contributed by atoms with Crippen LogP contribution >= 0.6 is 11.8 Å². The van der Waals surface area contributed by atoms with Gasteiger partial charge in [-0.2, -0.15) is 0 Å². The van der Waals surface area contributed by atoms with Gasteiger partial charge in [0.25, 0.3) is 0 Å². The van der Waals surface area contributed by atoms with Gasteiger partial charge >= 0.3 is 0 Å². The third-order valence-corrected chi connectivity index (χ3v) is 6.50. The Balaban J connectivity index is 1.24. The van der Waals surface area contributed by atoms with E-state index in [0.717, 1.165) is 48.6 Å². The fourth-order valence-electron chi connectivity index (χ4n) is 3.87. The molecule has 0 unspecified atom stereocenters. The number of allylic oxidation sites excluding steroid dienone is 1. The minimum atomic E-state index is -0.109. The van der Waals surface area contributed by atoms with Crippen LogP contribution in [0.1, 0.15) is 0 Å². The summed E-state index contributed by atoms with van der Waals surface area (Å²) >= 11 is 1.33. The molecule has 9 heteroatoms. The van der Waals surface area contributed by atoms with Gasteiger partial charge in [-0.1, -0.05) is 36.0 Å². The third-order valence-electron chi connectivity index (χ3n) is 5.53. The molecule has 1 fully saturated rings. The highest BCUT2D eigenvalue weighted by Crippen LogP contribution is 2.29.